The van der Waals surface area contributed by atoms with Crippen molar-refractivity contribution in [1.29, 1.82) is 0 Å². The van der Waals surface area contributed by atoms with Gasteiger partial charge in [-0.2, -0.15) is 0 Å². The van der Waals surface area contributed by atoms with Crippen LogP contribution in [0.1, 0.15) is 39.5 Å². The minimum absolute atomic E-state index is 0.00524. The van der Waals surface area contributed by atoms with E-state index in [1.165, 1.54) is 0 Å². The lowest BCUT2D eigenvalue weighted by Crippen LogP contribution is -2.46. The molecule has 1 aliphatic heterocycles. The summed E-state index contributed by atoms with van der Waals surface area (Å²) >= 11 is 0. The first kappa shape index (κ1) is 17.3. The van der Waals surface area contributed by atoms with Gasteiger partial charge in [0, 0.05) is 32.0 Å². The van der Waals surface area contributed by atoms with Gasteiger partial charge in [-0.05, 0) is 25.7 Å². The zero-order valence-corrected chi connectivity index (χ0v) is 12.6. The summed E-state index contributed by atoms with van der Waals surface area (Å²) in [6.45, 7) is 5.00. The monoisotopic (exact) mass is 300 g/mol. The Labute approximate surface area is 124 Å². The Morgan fingerprint density at radius 1 is 1.29 bits per heavy atom. The Kier molecular flexibility index (Phi) is 6.98. The van der Waals surface area contributed by atoms with Crippen molar-refractivity contribution >= 4 is 18.0 Å². The summed E-state index contributed by atoms with van der Waals surface area (Å²) in [5.41, 5.74) is 0. The predicted octanol–water partition coefficient (Wildman–Crippen LogP) is 1.22. The SMILES string of the molecule is CCOC(=O)N1CCC(NC(=O)C[C@@H](C)CC(=O)O)CC1. The number of carboxylic acids is 1. The fraction of sp³-hybridized carbons (Fsp3) is 0.786. The van der Waals surface area contributed by atoms with Crippen LogP contribution in [0.25, 0.3) is 0 Å². The first-order valence-electron chi connectivity index (χ1n) is 7.35. The van der Waals surface area contributed by atoms with Gasteiger partial charge in [-0.15, -0.1) is 0 Å². The van der Waals surface area contributed by atoms with Crippen molar-refractivity contribution in [3.63, 3.8) is 0 Å². The number of aliphatic carboxylic acids is 1. The molecule has 0 unspecified atom stereocenters. The smallest absolute Gasteiger partial charge is 0.409 e. The number of piperidine rings is 1. The van der Waals surface area contributed by atoms with E-state index in [0.29, 0.717) is 32.5 Å². The molecule has 1 fully saturated rings. The molecule has 0 spiro atoms. The summed E-state index contributed by atoms with van der Waals surface area (Å²) in [5, 5.41) is 11.6. The van der Waals surface area contributed by atoms with Crippen LogP contribution in [0.2, 0.25) is 0 Å². The van der Waals surface area contributed by atoms with E-state index in [4.69, 9.17) is 9.84 Å². The number of carbonyl (C=O) groups is 3. The number of carboxylic acid groups (broad SMARTS) is 1. The number of hydrogen-bond acceptors (Lipinski definition) is 4. The highest BCUT2D eigenvalue weighted by molar-refractivity contribution is 5.77. The van der Waals surface area contributed by atoms with Crippen molar-refractivity contribution in [1.82, 2.24) is 10.2 Å². The average molecular weight is 300 g/mol. The maximum Gasteiger partial charge on any atom is 0.409 e. The highest BCUT2D eigenvalue weighted by Gasteiger charge is 2.25. The molecule has 7 nitrogen and oxygen atoms in total. The van der Waals surface area contributed by atoms with Crippen LogP contribution in [0.15, 0.2) is 0 Å². The van der Waals surface area contributed by atoms with Gasteiger partial charge in [0.15, 0.2) is 0 Å². The van der Waals surface area contributed by atoms with Gasteiger partial charge in [0.1, 0.15) is 0 Å². The molecular formula is C14H24N2O5. The minimum atomic E-state index is -0.891. The summed E-state index contributed by atoms with van der Waals surface area (Å²) in [4.78, 5) is 35.5. The van der Waals surface area contributed by atoms with Crippen molar-refractivity contribution in [2.75, 3.05) is 19.7 Å². The molecule has 1 atom stereocenters. The lowest BCUT2D eigenvalue weighted by Gasteiger charge is -2.31. The third-order valence-electron chi connectivity index (χ3n) is 3.44. The van der Waals surface area contributed by atoms with E-state index < -0.39 is 5.97 Å². The highest BCUT2D eigenvalue weighted by Crippen LogP contribution is 2.13. The highest BCUT2D eigenvalue weighted by atomic mass is 16.6. The van der Waals surface area contributed by atoms with E-state index in [1.54, 1.807) is 18.7 Å². The summed E-state index contributed by atoms with van der Waals surface area (Å²) < 4.78 is 4.93. The number of nitrogens with zero attached hydrogens (tertiary/aromatic N) is 1. The number of ether oxygens (including phenoxy) is 1. The van der Waals surface area contributed by atoms with E-state index in [9.17, 15) is 14.4 Å². The minimum Gasteiger partial charge on any atom is -0.481 e. The summed E-state index contributed by atoms with van der Waals surface area (Å²) in [6.07, 6.45) is 1.28. The number of hydrogen-bond donors (Lipinski definition) is 2. The maximum atomic E-state index is 11.8. The molecule has 0 radical (unpaired) electrons. The Bertz CT molecular complexity index is 378. The third-order valence-corrected chi connectivity index (χ3v) is 3.44. The van der Waals surface area contributed by atoms with Crippen LogP contribution in [-0.2, 0) is 14.3 Å². The fourth-order valence-electron chi connectivity index (χ4n) is 2.39. The van der Waals surface area contributed by atoms with Gasteiger partial charge in [-0.1, -0.05) is 6.92 Å². The number of rotatable bonds is 6. The first-order chi connectivity index (χ1) is 9.92. The molecule has 2 amide bonds. The Morgan fingerprint density at radius 3 is 2.43 bits per heavy atom. The molecule has 0 aliphatic carbocycles. The van der Waals surface area contributed by atoms with E-state index in [0.717, 1.165) is 0 Å². The number of nitrogens with one attached hydrogen (secondary N) is 1. The average Bonchev–Trinajstić information content (AvgIpc) is 2.38. The zero-order chi connectivity index (χ0) is 15.8. The quantitative estimate of drug-likeness (QED) is 0.769. The van der Waals surface area contributed by atoms with E-state index in [1.807, 2.05) is 0 Å². The molecule has 1 heterocycles. The Morgan fingerprint density at radius 2 is 1.90 bits per heavy atom. The molecule has 0 bridgehead atoms. The Balaban J connectivity index is 2.27. The summed E-state index contributed by atoms with van der Waals surface area (Å²) in [7, 11) is 0. The second-order valence-corrected chi connectivity index (χ2v) is 5.43. The van der Waals surface area contributed by atoms with Crippen LogP contribution >= 0.6 is 0 Å². The van der Waals surface area contributed by atoms with Crippen LogP contribution in [0.4, 0.5) is 4.79 Å². The van der Waals surface area contributed by atoms with Crippen LogP contribution in [0.5, 0.6) is 0 Å². The lowest BCUT2D eigenvalue weighted by molar-refractivity contribution is -0.138. The summed E-state index contributed by atoms with van der Waals surface area (Å²) in [5.74, 6) is -1.20. The van der Waals surface area contributed by atoms with Gasteiger partial charge in [-0.25, -0.2) is 4.79 Å². The molecule has 7 heteroatoms. The number of carbonyl (C=O) groups excluding carboxylic acids is 2. The summed E-state index contributed by atoms with van der Waals surface area (Å²) in [6, 6.07) is 0.0419. The molecular weight excluding hydrogens is 276 g/mol. The molecule has 1 rings (SSSR count). The first-order valence-corrected chi connectivity index (χ1v) is 7.35. The predicted molar refractivity (Wildman–Crippen MR) is 75.8 cm³/mol. The van der Waals surface area contributed by atoms with Gasteiger partial charge in [0.05, 0.1) is 6.61 Å². The molecule has 1 saturated heterocycles. The Hall–Kier alpha value is -1.79. The molecule has 1 aliphatic rings. The second kappa shape index (κ2) is 8.49. The topological polar surface area (TPSA) is 95.9 Å². The van der Waals surface area contributed by atoms with Crippen LogP contribution < -0.4 is 5.32 Å². The van der Waals surface area contributed by atoms with Crippen molar-refractivity contribution in [2.24, 2.45) is 5.92 Å². The van der Waals surface area contributed by atoms with Gasteiger partial charge < -0.3 is 20.1 Å². The van der Waals surface area contributed by atoms with Gasteiger partial charge in [-0.3, -0.25) is 9.59 Å². The van der Waals surface area contributed by atoms with E-state index in [-0.39, 0.29) is 36.8 Å². The van der Waals surface area contributed by atoms with Crippen LogP contribution in [0, 0.1) is 5.92 Å². The molecule has 0 aromatic heterocycles. The largest absolute Gasteiger partial charge is 0.481 e. The normalized spacial score (nSPS) is 17.1. The number of likely N-dealkylation sites (tertiary alicyclic amines) is 1. The molecule has 120 valence electrons. The fourth-order valence-corrected chi connectivity index (χ4v) is 2.39. The maximum absolute atomic E-state index is 11.8. The van der Waals surface area contributed by atoms with Crippen molar-refractivity contribution < 1.29 is 24.2 Å². The molecule has 0 aromatic rings. The van der Waals surface area contributed by atoms with Crippen molar-refractivity contribution in [3.05, 3.63) is 0 Å². The standard InChI is InChI=1S/C14H24N2O5/c1-3-21-14(20)16-6-4-11(5-7-16)15-12(17)8-10(2)9-13(18)19/h10-11H,3-9H2,1-2H3,(H,15,17)(H,18,19)/t10-/m1/s1. The molecule has 2 N–H and O–H groups in total. The molecule has 21 heavy (non-hydrogen) atoms. The second-order valence-electron chi connectivity index (χ2n) is 5.43. The van der Waals surface area contributed by atoms with E-state index in [2.05, 4.69) is 5.32 Å². The van der Waals surface area contributed by atoms with Gasteiger partial charge in [0.25, 0.3) is 0 Å². The molecule has 0 saturated carbocycles. The van der Waals surface area contributed by atoms with Gasteiger partial charge >= 0.3 is 12.1 Å². The lowest BCUT2D eigenvalue weighted by atomic mass is 10.0. The third kappa shape index (κ3) is 6.46. The number of amides is 2. The van der Waals surface area contributed by atoms with Crippen LogP contribution in [-0.4, -0.2) is 53.7 Å². The van der Waals surface area contributed by atoms with Crippen molar-refractivity contribution in [3.8, 4) is 0 Å². The van der Waals surface area contributed by atoms with E-state index >= 15 is 0 Å². The van der Waals surface area contributed by atoms with Crippen LogP contribution in [0.3, 0.4) is 0 Å². The molecule has 0 aromatic carbocycles. The van der Waals surface area contributed by atoms with Gasteiger partial charge in [0.2, 0.25) is 5.91 Å². The van der Waals surface area contributed by atoms with Crippen molar-refractivity contribution in [2.45, 2.75) is 45.6 Å². The zero-order valence-electron chi connectivity index (χ0n) is 12.6.